The monoisotopic (exact) mass is 305 g/mol. The maximum Gasteiger partial charge on any atom is 0.195 e. The molecule has 0 amide bonds. The van der Waals surface area contributed by atoms with E-state index in [0.717, 1.165) is 37.2 Å². The Bertz CT molecular complexity index is 619. The molecule has 2 saturated heterocycles. The van der Waals surface area contributed by atoms with Gasteiger partial charge < -0.3 is 10.2 Å². The lowest BCUT2D eigenvalue weighted by Gasteiger charge is -2.38. The van der Waals surface area contributed by atoms with E-state index in [1.807, 2.05) is 0 Å². The molecule has 114 valence electrons. The summed E-state index contributed by atoms with van der Waals surface area (Å²) in [6.07, 6.45) is 4.86. The molecule has 2 aliphatic rings. The van der Waals surface area contributed by atoms with Crippen molar-refractivity contribution in [3.8, 4) is 0 Å². The van der Waals surface area contributed by atoms with Crippen LogP contribution in [0.1, 0.15) is 25.5 Å². The number of hydrogen-bond acceptors (Lipinski definition) is 5. The summed E-state index contributed by atoms with van der Waals surface area (Å²) in [6, 6.07) is 0.741. The minimum absolute atomic E-state index is 0.741. The van der Waals surface area contributed by atoms with Gasteiger partial charge in [0.05, 0.1) is 5.69 Å². The highest BCUT2D eigenvalue weighted by molar-refractivity contribution is 7.15. The van der Waals surface area contributed by atoms with Gasteiger partial charge in [0.15, 0.2) is 10.8 Å². The van der Waals surface area contributed by atoms with E-state index in [1.165, 1.54) is 37.4 Å². The van der Waals surface area contributed by atoms with E-state index in [0.29, 0.717) is 0 Å². The fourth-order valence-electron chi connectivity index (χ4n) is 3.67. The average molecular weight is 305 g/mol. The van der Waals surface area contributed by atoms with E-state index < -0.39 is 0 Å². The summed E-state index contributed by atoms with van der Waals surface area (Å²) in [5.74, 6) is 1.20. The molecular formula is C15H23N5S. The van der Waals surface area contributed by atoms with Crippen molar-refractivity contribution < 1.29 is 0 Å². The van der Waals surface area contributed by atoms with Crippen molar-refractivity contribution in [3.63, 3.8) is 0 Å². The second-order valence-electron chi connectivity index (χ2n) is 6.00. The quantitative estimate of drug-likeness (QED) is 0.934. The molecule has 1 unspecified atom stereocenters. The Morgan fingerprint density at radius 2 is 2.33 bits per heavy atom. The maximum atomic E-state index is 4.91. The normalized spacial score (nSPS) is 23.1. The van der Waals surface area contributed by atoms with Crippen molar-refractivity contribution in [2.24, 2.45) is 0 Å². The molecule has 21 heavy (non-hydrogen) atoms. The molecule has 4 heterocycles. The third kappa shape index (κ3) is 2.35. The lowest BCUT2D eigenvalue weighted by Crippen LogP contribution is -2.50. The van der Waals surface area contributed by atoms with Crippen LogP contribution in [-0.2, 0) is 6.54 Å². The first kappa shape index (κ1) is 13.5. The van der Waals surface area contributed by atoms with Gasteiger partial charge in [0.2, 0.25) is 0 Å². The lowest BCUT2D eigenvalue weighted by atomic mass is 10.1. The summed E-state index contributed by atoms with van der Waals surface area (Å²) in [4.78, 5) is 11.2. The lowest BCUT2D eigenvalue weighted by molar-refractivity contribution is 0.230. The molecular weight excluding hydrogens is 282 g/mol. The highest BCUT2D eigenvalue weighted by Gasteiger charge is 2.32. The Morgan fingerprint density at radius 3 is 3.24 bits per heavy atom. The summed E-state index contributed by atoms with van der Waals surface area (Å²) < 4.78 is 2.25. The van der Waals surface area contributed by atoms with E-state index in [2.05, 4.69) is 38.0 Å². The largest absolute Gasteiger partial charge is 0.352 e. The van der Waals surface area contributed by atoms with Gasteiger partial charge >= 0.3 is 0 Å². The van der Waals surface area contributed by atoms with E-state index >= 15 is 0 Å². The minimum atomic E-state index is 0.741. The Morgan fingerprint density at radius 1 is 1.38 bits per heavy atom. The number of piperazine rings is 1. The van der Waals surface area contributed by atoms with Gasteiger partial charge in [0, 0.05) is 43.8 Å². The van der Waals surface area contributed by atoms with Crippen LogP contribution in [0.15, 0.2) is 11.6 Å². The molecule has 2 aliphatic heterocycles. The molecule has 6 heteroatoms. The van der Waals surface area contributed by atoms with E-state index in [4.69, 9.17) is 4.98 Å². The summed E-state index contributed by atoms with van der Waals surface area (Å²) in [7, 11) is 0. The van der Waals surface area contributed by atoms with E-state index in [1.54, 1.807) is 11.3 Å². The van der Waals surface area contributed by atoms with Crippen LogP contribution < -0.4 is 10.2 Å². The molecule has 2 aromatic heterocycles. The molecule has 4 rings (SSSR count). The zero-order valence-electron chi connectivity index (χ0n) is 12.6. The van der Waals surface area contributed by atoms with Gasteiger partial charge in [0.25, 0.3) is 0 Å². The highest BCUT2D eigenvalue weighted by Crippen LogP contribution is 2.29. The third-order valence-electron chi connectivity index (χ3n) is 4.77. The van der Waals surface area contributed by atoms with Gasteiger partial charge in [-0.3, -0.25) is 9.30 Å². The van der Waals surface area contributed by atoms with Crippen LogP contribution in [0.3, 0.4) is 0 Å². The Kier molecular flexibility index (Phi) is 3.61. The van der Waals surface area contributed by atoms with Gasteiger partial charge in [0.1, 0.15) is 0 Å². The van der Waals surface area contributed by atoms with Crippen LogP contribution in [0.4, 0.5) is 5.82 Å². The van der Waals surface area contributed by atoms with E-state index in [-0.39, 0.29) is 0 Å². The number of rotatable bonds is 4. The first-order chi connectivity index (χ1) is 10.4. The molecule has 0 bridgehead atoms. The van der Waals surface area contributed by atoms with Crippen molar-refractivity contribution in [2.75, 3.05) is 37.6 Å². The minimum Gasteiger partial charge on any atom is -0.352 e. The van der Waals surface area contributed by atoms with Gasteiger partial charge in [-0.05, 0) is 25.9 Å². The second-order valence-corrected chi connectivity index (χ2v) is 6.87. The predicted octanol–water partition coefficient (Wildman–Crippen LogP) is 1.79. The van der Waals surface area contributed by atoms with Crippen LogP contribution in [0.25, 0.3) is 4.96 Å². The fraction of sp³-hybridized carbons (Fsp3) is 0.667. The molecule has 2 fully saturated rings. The fourth-order valence-corrected chi connectivity index (χ4v) is 4.39. The number of anilines is 1. The average Bonchev–Trinajstić information content (AvgIpc) is 3.19. The molecule has 0 aliphatic carbocycles. The van der Waals surface area contributed by atoms with Crippen molar-refractivity contribution in [1.29, 1.82) is 0 Å². The van der Waals surface area contributed by atoms with Crippen molar-refractivity contribution in [2.45, 2.75) is 32.4 Å². The predicted molar refractivity (Wildman–Crippen MR) is 87.3 cm³/mol. The molecule has 0 radical (unpaired) electrons. The van der Waals surface area contributed by atoms with Gasteiger partial charge in [-0.15, -0.1) is 11.3 Å². The van der Waals surface area contributed by atoms with Gasteiger partial charge in [-0.2, -0.15) is 0 Å². The first-order valence-electron chi connectivity index (χ1n) is 8.01. The van der Waals surface area contributed by atoms with Crippen LogP contribution in [0.2, 0.25) is 0 Å². The summed E-state index contributed by atoms with van der Waals surface area (Å²) in [5, 5.41) is 5.59. The van der Waals surface area contributed by atoms with Crippen LogP contribution in [0, 0.1) is 0 Å². The summed E-state index contributed by atoms with van der Waals surface area (Å²) >= 11 is 1.73. The summed E-state index contributed by atoms with van der Waals surface area (Å²) in [5.41, 5.74) is 1.32. The van der Waals surface area contributed by atoms with Crippen molar-refractivity contribution in [3.05, 3.63) is 17.3 Å². The number of imidazole rings is 1. The smallest absolute Gasteiger partial charge is 0.195 e. The molecule has 0 saturated carbocycles. The molecule has 2 aromatic rings. The molecule has 0 aromatic carbocycles. The zero-order chi connectivity index (χ0) is 14.2. The summed E-state index contributed by atoms with van der Waals surface area (Å²) in [6.45, 7) is 8.78. The Hall–Kier alpha value is -1.11. The molecule has 1 N–H and O–H groups in total. The number of thiazole rings is 1. The van der Waals surface area contributed by atoms with Crippen molar-refractivity contribution in [1.82, 2.24) is 19.6 Å². The number of nitrogens with one attached hydrogen (secondary N) is 1. The highest BCUT2D eigenvalue weighted by atomic mass is 32.1. The number of hydrogen-bond donors (Lipinski definition) is 1. The van der Waals surface area contributed by atoms with Crippen LogP contribution in [-0.4, -0.2) is 53.1 Å². The number of fused-ring (bicyclic) bond motifs is 2. The maximum absolute atomic E-state index is 4.91. The molecule has 5 nitrogen and oxygen atoms in total. The Labute approximate surface area is 129 Å². The van der Waals surface area contributed by atoms with Crippen LogP contribution >= 0.6 is 11.3 Å². The third-order valence-corrected chi connectivity index (χ3v) is 5.53. The van der Waals surface area contributed by atoms with Gasteiger partial charge in [-0.1, -0.05) is 6.92 Å². The Balaban J connectivity index is 1.64. The van der Waals surface area contributed by atoms with E-state index in [9.17, 15) is 0 Å². The second kappa shape index (κ2) is 5.59. The zero-order valence-corrected chi connectivity index (χ0v) is 13.4. The van der Waals surface area contributed by atoms with Crippen LogP contribution in [0.5, 0.6) is 0 Å². The van der Waals surface area contributed by atoms with Crippen molar-refractivity contribution >= 4 is 22.1 Å². The SMILES string of the molecule is CCNCc1c(N2CCN3CCCC3C2)nc2sccn12. The molecule has 0 spiro atoms. The number of aromatic nitrogens is 2. The standard InChI is InChI=1S/C15H23N5S/c1-2-16-10-13-14(17-15-20(13)8-9-21-15)19-7-6-18-5-3-4-12(18)11-19/h8-9,12,16H,2-7,10-11H2,1H3. The van der Waals surface area contributed by atoms with Gasteiger partial charge in [-0.25, -0.2) is 4.98 Å². The molecule has 1 atom stereocenters. The topological polar surface area (TPSA) is 35.8 Å². The number of nitrogens with zero attached hydrogens (tertiary/aromatic N) is 4. The first-order valence-corrected chi connectivity index (χ1v) is 8.89.